The number of hydrogen-bond acceptors (Lipinski definition) is 4. The van der Waals surface area contributed by atoms with Gasteiger partial charge >= 0.3 is 0 Å². The molecule has 0 aromatic carbocycles. The highest BCUT2D eigenvalue weighted by atomic mass is 79.9. The predicted molar refractivity (Wildman–Crippen MR) is 50.1 cm³/mol. The van der Waals surface area contributed by atoms with Gasteiger partial charge in [-0.1, -0.05) is 0 Å². The van der Waals surface area contributed by atoms with Gasteiger partial charge in [0.25, 0.3) is 0 Å². The minimum Gasteiger partial charge on any atom is -0.367 e. The molecule has 1 unspecified atom stereocenters. The molecule has 66 valence electrons. The summed E-state index contributed by atoms with van der Waals surface area (Å²) >= 11 is 4.66. The zero-order valence-electron chi connectivity index (χ0n) is 6.71. The van der Waals surface area contributed by atoms with Crippen LogP contribution in [-0.2, 0) is 10.3 Å². The molecular weight excluding hydrogens is 240 g/mol. The van der Waals surface area contributed by atoms with E-state index in [9.17, 15) is 0 Å². The molecule has 1 saturated heterocycles. The van der Waals surface area contributed by atoms with Crippen molar-refractivity contribution in [2.75, 3.05) is 6.61 Å². The molecule has 12 heavy (non-hydrogen) atoms. The van der Waals surface area contributed by atoms with Gasteiger partial charge in [-0.2, -0.15) is 4.37 Å². The maximum Gasteiger partial charge on any atom is 0.179 e. The lowest BCUT2D eigenvalue weighted by Gasteiger charge is -2.18. The highest BCUT2D eigenvalue weighted by Gasteiger charge is 2.35. The first kappa shape index (κ1) is 8.59. The molecule has 0 radical (unpaired) electrons. The van der Waals surface area contributed by atoms with Crippen LogP contribution in [0.1, 0.15) is 25.6 Å². The minimum absolute atomic E-state index is 0.234. The number of aromatic nitrogens is 2. The summed E-state index contributed by atoms with van der Waals surface area (Å²) in [5, 5.41) is 0. The lowest BCUT2D eigenvalue weighted by Crippen LogP contribution is -2.21. The van der Waals surface area contributed by atoms with Crippen LogP contribution in [0.2, 0.25) is 0 Å². The Labute approximate surface area is 83.5 Å². The summed E-state index contributed by atoms with van der Waals surface area (Å²) in [4.78, 5) is 4.26. The van der Waals surface area contributed by atoms with Gasteiger partial charge in [-0.3, -0.25) is 0 Å². The summed E-state index contributed by atoms with van der Waals surface area (Å²) in [5.41, 5.74) is -0.234. The molecule has 0 bridgehead atoms. The summed E-state index contributed by atoms with van der Waals surface area (Å²) in [7, 11) is 0. The number of ether oxygens (including phenoxy) is 1. The number of rotatable bonds is 1. The van der Waals surface area contributed by atoms with Crippen molar-refractivity contribution < 1.29 is 4.74 Å². The molecule has 1 atom stereocenters. The fourth-order valence-electron chi connectivity index (χ4n) is 1.38. The van der Waals surface area contributed by atoms with E-state index in [-0.39, 0.29) is 5.60 Å². The average Bonchev–Trinajstić information content (AvgIpc) is 2.59. The van der Waals surface area contributed by atoms with Crippen LogP contribution in [0.15, 0.2) is 3.92 Å². The maximum atomic E-state index is 5.60. The summed E-state index contributed by atoms with van der Waals surface area (Å²) in [5.74, 6) is 0.817. The normalized spacial score (nSPS) is 29.5. The second kappa shape index (κ2) is 3.05. The Balaban J connectivity index is 2.28. The van der Waals surface area contributed by atoms with Crippen LogP contribution in [0.3, 0.4) is 0 Å². The van der Waals surface area contributed by atoms with E-state index in [1.807, 2.05) is 0 Å². The van der Waals surface area contributed by atoms with Crippen LogP contribution in [0.4, 0.5) is 0 Å². The van der Waals surface area contributed by atoms with Gasteiger partial charge in [-0.25, -0.2) is 4.98 Å². The Hall–Kier alpha value is -0.0000000000000000486. The molecule has 1 aliphatic rings. The lowest BCUT2D eigenvalue weighted by atomic mass is 10.0. The largest absolute Gasteiger partial charge is 0.367 e. The quantitative estimate of drug-likeness (QED) is 0.766. The third-order valence-corrected chi connectivity index (χ3v) is 3.21. The van der Waals surface area contributed by atoms with Crippen LogP contribution in [0.25, 0.3) is 0 Å². The molecule has 5 heteroatoms. The number of hydrogen-bond donors (Lipinski definition) is 0. The first-order chi connectivity index (χ1) is 5.71. The van der Waals surface area contributed by atoms with Gasteiger partial charge in [0.15, 0.2) is 9.74 Å². The molecule has 0 saturated carbocycles. The second-order valence-corrected chi connectivity index (χ2v) is 5.08. The topological polar surface area (TPSA) is 35.0 Å². The molecule has 0 amide bonds. The van der Waals surface area contributed by atoms with Crippen molar-refractivity contribution in [3.05, 3.63) is 9.74 Å². The van der Waals surface area contributed by atoms with Crippen LogP contribution in [0.5, 0.6) is 0 Å². The molecule has 0 N–H and O–H groups in total. The predicted octanol–water partition coefficient (Wildman–Crippen LogP) is 2.33. The first-order valence-electron chi connectivity index (χ1n) is 3.84. The van der Waals surface area contributed by atoms with Crippen LogP contribution in [-0.4, -0.2) is 16.0 Å². The molecular formula is C7H9BrN2OS. The Bertz CT molecular complexity index is 283. The zero-order chi connectivity index (χ0) is 8.60. The van der Waals surface area contributed by atoms with E-state index in [0.717, 1.165) is 29.2 Å². The third-order valence-electron chi connectivity index (χ3n) is 2.09. The van der Waals surface area contributed by atoms with Crippen LogP contribution >= 0.6 is 27.5 Å². The molecule has 1 aromatic heterocycles. The monoisotopic (exact) mass is 248 g/mol. The van der Waals surface area contributed by atoms with Crippen molar-refractivity contribution in [1.82, 2.24) is 9.36 Å². The molecule has 3 nitrogen and oxygen atoms in total. The van der Waals surface area contributed by atoms with E-state index in [1.54, 1.807) is 0 Å². The molecule has 0 aliphatic carbocycles. The van der Waals surface area contributed by atoms with Crippen molar-refractivity contribution in [2.24, 2.45) is 0 Å². The highest BCUT2D eigenvalue weighted by Crippen LogP contribution is 2.34. The maximum absolute atomic E-state index is 5.60. The molecule has 0 spiro atoms. The van der Waals surface area contributed by atoms with E-state index < -0.39 is 0 Å². The summed E-state index contributed by atoms with van der Waals surface area (Å²) in [6.07, 6.45) is 2.13. The zero-order valence-corrected chi connectivity index (χ0v) is 9.11. The molecule has 1 fully saturated rings. The fourth-order valence-corrected chi connectivity index (χ4v) is 2.28. The van der Waals surface area contributed by atoms with Gasteiger partial charge in [0.2, 0.25) is 0 Å². The number of halogens is 1. The van der Waals surface area contributed by atoms with E-state index in [1.165, 1.54) is 11.5 Å². The van der Waals surface area contributed by atoms with E-state index in [0.29, 0.717) is 0 Å². The second-order valence-electron chi connectivity index (χ2n) is 3.05. The number of nitrogens with zero attached hydrogens (tertiary/aromatic N) is 2. The fraction of sp³-hybridized carbons (Fsp3) is 0.714. The van der Waals surface area contributed by atoms with Crippen LogP contribution < -0.4 is 0 Å². The molecule has 1 aromatic rings. The lowest BCUT2D eigenvalue weighted by molar-refractivity contribution is 0.0102. The van der Waals surface area contributed by atoms with Crippen molar-refractivity contribution in [1.29, 1.82) is 0 Å². The standard InChI is InChI=1S/C7H9BrN2OS/c1-7(3-2-4-11-7)5-9-6(8)12-10-5/h2-4H2,1H3. The summed E-state index contributed by atoms with van der Waals surface area (Å²) < 4.78 is 10.7. The summed E-state index contributed by atoms with van der Waals surface area (Å²) in [6.45, 7) is 2.88. The van der Waals surface area contributed by atoms with Gasteiger partial charge < -0.3 is 4.74 Å². The van der Waals surface area contributed by atoms with Gasteiger partial charge in [0.05, 0.1) is 0 Å². The average molecular weight is 249 g/mol. The van der Waals surface area contributed by atoms with E-state index >= 15 is 0 Å². The van der Waals surface area contributed by atoms with E-state index in [4.69, 9.17) is 4.74 Å². The van der Waals surface area contributed by atoms with Gasteiger partial charge in [0.1, 0.15) is 5.60 Å². The van der Waals surface area contributed by atoms with Crippen molar-refractivity contribution in [3.8, 4) is 0 Å². The van der Waals surface area contributed by atoms with Crippen molar-refractivity contribution in [3.63, 3.8) is 0 Å². The Morgan fingerprint density at radius 3 is 3.00 bits per heavy atom. The van der Waals surface area contributed by atoms with Gasteiger partial charge in [-0.15, -0.1) is 0 Å². The minimum atomic E-state index is -0.234. The van der Waals surface area contributed by atoms with Crippen molar-refractivity contribution in [2.45, 2.75) is 25.4 Å². The van der Waals surface area contributed by atoms with Gasteiger partial charge in [0, 0.05) is 6.61 Å². The van der Waals surface area contributed by atoms with Crippen LogP contribution in [0, 0.1) is 0 Å². The smallest absolute Gasteiger partial charge is 0.179 e. The first-order valence-corrected chi connectivity index (χ1v) is 5.41. The molecule has 2 rings (SSSR count). The molecule has 1 aliphatic heterocycles. The van der Waals surface area contributed by atoms with Gasteiger partial charge in [-0.05, 0) is 47.2 Å². The third kappa shape index (κ3) is 1.41. The summed E-state index contributed by atoms with van der Waals surface area (Å²) in [6, 6.07) is 0. The molecule has 2 heterocycles. The highest BCUT2D eigenvalue weighted by molar-refractivity contribution is 9.11. The Morgan fingerprint density at radius 1 is 1.67 bits per heavy atom. The van der Waals surface area contributed by atoms with E-state index in [2.05, 4.69) is 32.2 Å². The van der Waals surface area contributed by atoms with Crippen molar-refractivity contribution >= 4 is 27.5 Å². The SMILES string of the molecule is CC1(c2nsc(Br)n2)CCCO1. The Morgan fingerprint density at radius 2 is 2.50 bits per heavy atom. The Kier molecular flexibility index (Phi) is 2.18.